The van der Waals surface area contributed by atoms with Crippen LogP contribution < -0.4 is 10.1 Å². The summed E-state index contributed by atoms with van der Waals surface area (Å²) in [7, 11) is 0. The van der Waals surface area contributed by atoms with Gasteiger partial charge in [0.15, 0.2) is 5.17 Å². The smallest absolute Gasteiger partial charge is 0.264 e. The van der Waals surface area contributed by atoms with E-state index in [2.05, 4.69) is 10.3 Å². The summed E-state index contributed by atoms with van der Waals surface area (Å²) in [4.78, 5) is 17.3. The molecule has 6 heteroatoms. The Bertz CT molecular complexity index is 1060. The number of hydrogen-bond acceptors (Lipinski definition) is 4. The van der Waals surface area contributed by atoms with Crippen LogP contribution in [0.2, 0.25) is 5.02 Å². The Hall–Kier alpha value is -3.02. The van der Waals surface area contributed by atoms with Crippen LogP contribution in [-0.4, -0.2) is 11.1 Å². The Morgan fingerprint density at radius 3 is 2.41 bits per heavy atom. The highest BCUT2D eigenvalue weighted by atomic mass is 35.5. The number of para-hydroxylation sites is 1. The van der Waals surface area contributed by atoms with Crippen LogP contribution in [-0.2, 0) is 11.4 Å². The number of nitrogens with one attached hydrogen (secondary N) is 1. The van der Waals surface area contributed by atoms with E-state index in [4.69, 9.17) is 16.3 Å². The van der Waals surface area contributed by atoms with Crippen molar-refractivity contribution in [2.45, 2.75) is 6.61 Å². The maximum absolute atomic E-state index is 12.2. The quantitative estimate of drug-likeness (QED) is 0.530. The standard InChI is InChI=1S/C23H17ClN2O2S/c24-18-10-6-17(7-11-18)15-28-20-12-8-16(9-13-20)14-21-22(27)26-23(29-21)25-19-4-2-1-3-5-19/h1-14H,15H2,(H,25,26,27)/b21-14-. The van der Waals surface area contributed by atoms with Gasteiger partial charge < -0.3 is 10.1 Å². The number of carbonyl (C=O) groups is 1. The van der Waals surface area contributed by atoms with Crippen molar-refractivity contribution in [2.75, 3.05) is 0 Å². The fourth-order valence-electron chi connectivity index (χ4n) is 2.66. The van der Waals surface area contributed by atoms with Gasteiger partial charge >= 0.3 is 0 Å². The second kappa shape index (κ2) is 8.99. The van der Waals surface area contributed by atoms with Crippen molar-refractivity contribution in [3.05, 3.63) is 99.9 Å². The third kappa shape index (κ3) is 5.28. The lowest BCUT2D eigenvalue weighted by Gasteiger charge is -2.06. The molecule has 1 N–H and O–H groups in total. The predicted octanol–water partition coefficient (Wildman–Crippen LogP) is 5.81. The van der Waals surface area contributed by atoms with Crippen LogP contribution in [0.15, 0.2) is 88.8 Å². The first-order chi connectivity index (χ1) is 14.2. The molecule has 144 valence electrons. The Morgan fingerprint density at radius 2 is 1.69 bits per heavy atom. The lowest BCUT2D eigenvalue weighted by molar-refractivity contribution is -0.115. The minimum Gasteiger partial charge on any atom is -0.489 e. The van der Waals surface area contributed by atoms with E-state index in [1.54, 1.807) is 0 Å². The summed E-state index contributed by atoms with van der Waals surface area (Å²) in [6.07, 6.45) is 1.84. The van der Waals surface area contributed by atoms with E-state index in [1.807, 2.05) is 84.9 Å². The SMILES string of the molecule is O=C1NC(=Nc2ccccc2)S/C1=C\c1ccc(OCc2ccc(Cl)cc2)cc1. The molecule has 0 aliphatic carbocycles. The van der Waals surface area contributed by atoms with E-state index in [-0.39, 0.29) is 5.91 Å². The van der Waals surface area contributed by atoms with Gasteiger partial charge in [-0.15, -0.1) is 0 Å². The molecule has 1 aliphatic heterocycles. The van der Waals surface area contributed by atoms with Gasteiger partial charge in [-0.3, -0.25) is 4.79 Å². The number of benzene rings is 3. The number of thioether (sulfide) groups is 1. The van der Waals surface area contributed by atoms with Crippen molar-refractivity contribution in [1.82, 2.24) is 5.32 Å². The zero-order chi connectivity index (χ0) is 20.1. The average molecular weight is 421 g/mol. The van der Waals surface area contributed by atoms with E-state index in [0.717, 1.165) is 22.6 Å². The summed E-state index contributed by atoms with van der Waals surface area (Å²) >= 11 is 7.22. The molecule has 0 radical (unpaired) electrons. The van der Waals surface area contributed by atoms with Gasteiger partial charge in [-0.25, -0.2) is 4.99 Å². The van der Waals surface area contributed by atoms with E-state index in [1.165, 1.54) is 11.8 Å². The number of rotatable bonds is 5. The number of halogens is 1. The molecule has 4 rings (SSSR count). The zero-order valence-corrected chi connectivity index (χ0v) is 16.9. The molecule has 4 nitrogen and oxygen atoms in total. The summed E-state index contributed by atoms with van der Waals surface area (Å²) in [6.45, 7) is 0.467. The maximum Gasteiger partial charge on any atom is 0.264 e. The number of aliphatic imine (C=N–C) groups is 1. The molecule has 0 bridgehead atoms. The van der Waals surface area contributed by atoms with Gasteiger partial charge in [-0.05, 0) is 65.4 Å². The molecular formula is C23H17ClN2O2S. The zero-order valence-electron chi connectivity index (χ0n) is 15.3. The highest BCUT2D eigenvalue weighted by Gasteiger charge is 2.23. The molecule has 1 fully saturated rings. The molecule has 1 heterocycles. The largest absolute Gasteiger partial charge is 0.489 e. The molecule has 0 unspecified atom stereocenters. The third-order valence-corrected chi connectivity index (χ3v) is 5.30. The summed E-state index contributed by atoms with van der Waals surface area (Å²) in [5, 5.41) is 4.08. The van der Waals surface area contributed by atoms with Gasteiger partial charge in [-0.1, -0.05) is 54.1 Å². The van der Waals surface area contributed by atoms with Crippen LogP contribution in [0.4, 0.5) is 5.69 Å². The third-order valence-electron chi connectivity index (χ3n) is 4.13. The fraction of sp³-hybridized carbons (Fsp3) is 0.0435. The molecular weight excluding hydrogens is 404 g/mol. The van der Waals surface area contributed by atoms with E-state index in [9.17, 15) is 4.79 Å². The maximum atomic E-state index is 12.2. The minimum atomic E-state index is -0.146. The van der Waals surface area contributed by atoms with Crippen LogP contribution in [0, 0.1) is 0 Å². The summed E-state index contributed by atoms with van der Waals surface area (Å²) in [5.41, 5.74) is 2.77. The molecule has 29 heavy (non-hydrogen) atoms. The molecule has 0 aromatic heterocycles. The lowest BCUT2D eigenvalue weighted by Crippen LogP contribution is -2.19. The first-order valence-electron chi connectivity index (χ1n) is 8.98. The predicted molar refractivity (Wildman–Crippen MR) is 119 cm³/mol. The molecule has 1 amide bonds. The molecule has 0 saturated carbocycles. The van der Waals surface area contributed by atoms with Crippen LogP contribution in [0.1, 0.15) is 11.1 Å². The highest BCUT2D eigenvalue weighted by Crippen LogP contribution is 2.28. The Balaban J connectivity index is 1.40. The molecule has 1 saturated heterocycles. The fourth-order valence-corrected chi connectivity index (χ4v) is 3.63. The van der Waals surface area contributed by atoms with Crippen molar-refractivity contribution in [3.8, 4) is 5.75 Å². The van der Waals surface area contributed by atoms with Crippen molar-refractivity contribution >= 4 is 46.2 Å². The van der Waals surface area contributed by atoms with Gasteiger partial charge in [0, 0.05) is 5.02 Å². The van der Waals surface area contributed by atoms with E-state index in [0.29, 0.717) is 21.7 Å². The Morgan fingerprint density at radius 1 is 0.966 bits per heavy atom. The summed E-state index contributed by atoms with van der Waals surface area (Å²) in [5.74, 6) is 0.615. The monoisotopic (exact) mass is 420 g/mol. The number of carbonyl (C=O) groups excluding carboxylic acids is 1. The lowest BCUT2D eigenvalue weighted by atomic mass is 10.2. The number of hydrogen-bond donors (Lipinski definition) is 1. The van der Waals surface area contributed by atoms with Gasteiger partial charge in [0.1, 0.15) is 12.4 Å². The van der Waals surface area contributed by atoms with E-state index < -0.39 is 0 Å². The van der Waals surface area contributed by atoms with Gasteiger partial charge in [0.25, 0.3) is 5.91 Å². The van der Waals surface area contributed by atoms with Gasteiger partial charge in [-0.2, -0.15) is 0 Å². The highest BCUT2D eigenvalue weighted by molar-refractivity contribution is 8.18. The average Bonchev–Trinajstić information content (AvgIpc) is 3.08. The summed E-state index contributed by atoms with van der Waals surface area (Å²) in [6, 6.07) is 24.7. The van der Waals surface area contributed by atoms with Gasteiger partial charge in [0.2, 0.25) is 0 Å². The van der Waals surface area contributed by atoms with Crippen molar-refractivity contribution < 1.29 is 9.53 Å². The van der Waals surface area contributed by atoms with Crippen LogP contribution >= 0.6 is 23.4 Å². The minimum absolute atomic E-state index is 0.146. The Kier molecular flexibility index (Phi) is 5.98. The van der Waals surface area contributed by atoms with Crippen molar-refractivity contribution in [3.63, 3.8) is 0 Å². The topological polar surface area (TPSA) is 50.7 Å². The van der Waals surface area contributed by atoms with Crippen LogP contribution in [0.3, 0.4) is 0 Å². The molecule has 0 spiro atoms. The number of amidine groups is 1. The van der Waals surface area contributed by atoms with Crippen molar-refractivity contribution in [1.29, 1.82) is 0 Å². The number of ether oxygens (including phenoxy) is 1. The van der Waals surface area contributed by atoms with Crippen LogP contribution in [0.25, 0.3) is 6.08 Å². The molecule has 1 aliphatic rings. The second-order valence-electron chi connectivity index (χ2n) is 6.30. The molecule has 0 atom stereocenters. The number of amides is 1. The summed E-state index contributed by atoms with van der Waals surface area (Å²) < 4.78 is 5.79. The van der Waals surface area contributed by atoms with Crippen molar-refractivity contribution in [2.24, 2.45) is 4.99 Å². The van der Waals surface area contributed by atoms with Crippen LogP contribution in [0.5, 0.6) is 5.75 Å². The first-order valence-corrected chi connectivity index (χ1v) is 10.2. The second-order valence-corrected chi connectivity index (χ2v) is 7.77. The van der Waals surface area contributed by atoms with Gasteiger partial charge in [0.05, 0.1) is 10.6 Å². The molecule has 3 aromatic carbocycles. The van der Waals surface area contributed by atoms with E-state index >= 15 is 0 Å². The first kappa shape index (κ1) is 19.3. The number of nitrogens with zero attached hydrogens (tertiary/aromatic N) is 1. The Labute approximate surface area is 178 Å². The normalized spacial score (nSPS) is 16.2. The molecule has 3 aromatic rings.